The third-order valence-electron chi connectivity index (χ3n) is 7.32. The third-order valence-corrected chi connectivity index (χ3v) is 7.32. The Bertz CT molecular complexity index is 1660. The number of benzene rings is 3. The first-order valence-corrected chi connectivity index (χ1v) is 13.0. The summed E-state index contributed by atoms with van der Waals surface area (Å²) in [6.45, 7) is 0.0961. The van der Waals surface area contributed by atoms with Crippen LogP contribution in [0.1, 0.15) is 22.7 Å². The summed E-state index contributed by atoms with van der Waals surface area (Å²) in [7, 11) is 1.60. The molecule has 0 bridgehead atoms. The van der Waals surface area contributed by atoms with Gasteiger partial charge in [-0.15, -0.1) is 0 Å². The van der Waals surface area contributed by atoms with Crippen molar-refractivity contribution < 1.29 is 24.2 Å². The number of pyridine rings is 1. The van der Waals surface area contributed by atoms with Crippen molar-refractivity contribution in [3.63, 3.8) is 0 Å². The fourth-order valence-electron chi connectivity index (χ4n) is 5.40. The Labute approximate surface area is 230 Å². The first-order valence-electron chi connectivity index (χ1n) is 13.0. The van der Waals surface area contributed by atoms with Gasteiger partial charge in [0.15, 0.2) is 0 Å². The van der Waals surface area contributed by atoms with Crippen LogP contribution in [0.2, 0.25) is 0 Å². The van der Waals surface area contributed by atoms with Crippen molar-refractivity contribution in [1.29, 1.82) is 0 Å². The number of nitrogens with one attached hydrogen (secondary N) is 1. The smallest absolute Gasteiger partial charge is 0.407 e. The van der Waals surface area contributed by atoms with Crippen LogP contribution >= 0.6 is 0 Å². The monoisotopic (exact) mass is 533 g/mol. The Kier molecular flexibility index (Phi) is 6.66. The molecule has 40 heavy (non-hydrogen) atoms. The number of methoxy groups -OCH3 is 1. The minimum absolute atomic E-state index is 0.00602. The van der Waals surface area contributed by atoms with Crippen molar-refractivity contribution in [2.75, 3.05) is 13.7 Å². The highest BCUT2D eigenvalue weighted by molar-refractivity contribution is 5.82. The van der Waals surface area contributed by atoms with Crippen LogP contribution in [0.15, 0.2) is 97.2 Å². The van der Waals surface area contributed by atoms with Crippen LogP contribution < -0.4 is 10.1 Å². The molecule has 8 nitrogen and oxygen atoms in total. The molecule has 200 valence electrons. The number of carboxylic acid groups (broad SMARTS) is 1. The largest absolute Gasteiger partial charge is 0.497 e. The van der Waals surface area contributed by atoms with Gasteiger partial charge in [-0.25, -0.2) is 14.6 Å². The van der Waals surface area contributed by atoms with Crippen LogP contribution in [-0.4, -0.2) is 46.3 Å². The molecule has 8 heteroatoms. The van der Waals surface area contributed by atoms with Gasteiger partial charge in [-0.05, 0) is 58.7 Å². The van der Waals surface area contributed by atoms with E-state index < -0.39 is 18.1 Å². The number of carbonyl (C=O) groups is 2. The van der Waals surface area contributed by atoms with E-state index in [9.17, 15) is 14.7 Å². The van der Waals surface area contributed by atoms with E-state index in [1.165, 1.54) is 0 Å². The molecule has 0 saturated carbocycles. The second kappa shape index (κ2) is 10.6. The molecule has 0 aliphatic heterocycles. The average molecular weight is 534 g/mol. The number of ether oxygens (including phenoxy) is 2. The van der Waals surface area contributed by atoms with E-state index in [2.05, 4.69) is 17.4 Å². The Morgan fingerprint density at radius 3 is 2.23 bits per heavy atom. The number of hydrogen-bond donors (Lipinski definition) is 2. The molecule has 1 atom stereocenters. The van der Waals surface area contributed by atoms with E-state index in [0.717, 1.165) is 27.8 Å². The lowest BCUT2D eigenvalue weighted by Gasteiger charge is -2.18. The third kappa shape index (κ3) is 4.64. The van der Waals surface area contributed by atoms with Gasteiger partial charge in [-0.3, -0.25) is 0 Å². The summed E-state index contributed by atoms with van der Waals surface area (Å²) in [6.07, 6.45) is 1.05. The summed E-state index contributed by atoms with van der Waals surface area (Å²) in [5.74, 6) is -0.587. The van der Waals surface area contributed by atoms with Crippen molar-refractivity contribution in [2.24, 2.45) is 0 Å². The van der Waals surface area contributed by atoms with Crippen molar-refractivity contribution in [3.05, 3.63) is 114 Å². The van der Waals surface area contributed by atoms with E-state index in [0.29, 0.717) is 22.8 Å². The Balaban J connectivity index is 1.22. The van der Waals surface area contributed by atoms with E-state index in [1.54, 1.807) is 7.11 Å². The lowest BCUT2D eigenvalue weighted by atomic mass is 9.98. The van der Waals surface area contributed by atoms with E-state index in [4.69, 9.17) is 14.5 Å². The zero-order valence-corrected chi connectivity index (χ0v) is 21.8. The molecular weight excluding hydrogens is 506 g/mol. The SMILES string of the molecule is COc1ccc(-c2nc3ccccn3c2CC(NC(=O)OCC2c3ccccc3-c3ccccc32)C(=O)O)cc1. The first kappa shape index (κ1) is 25.2. The second-order valence-electron chi connectivity index (χ2n) is 9.63. The maximum Gasteiger partial charge on any atom is 0.407 e. The fourth-order valence-corrected chi connectivity index (χ4v) is 5.40. The van der Waals surface area contributed by atoms with Crippen LogP contribution in [0.4, 0.5) is 4.79 Å². The molecule has 6 rings (SSSR count). The predicted octanol–water partition coefficient (Wildman–Crippen LogP) is 5.54. The van der Waals surface area contributed by atoms with Gasteiger partial charge < -0.3 is 24.3 Å². The summed E-state index contributed by atoms with van der Waals surface area (Å²) < 4.78 is 12.7. The number of amides is 1. The number of nitrogens with zero attached hydrogens (tertiary/aromatic N) is 2. The number of imidazole rings is 1. The van der Waals surface area contributed by atoms with Crippen molar-refractivity contribution >= 4 is 17.7 Å². The van der Waals surface area contributed by atoms with Crippen LogP contribution in [-0.2, 0) is 16.0 Å². The number of alkyl carbamates (subject to hydrolysis) is 1. The molecule has 1 aliphatic rings. The Morgan fingerprint density at radius 2 is 1.57 bits per heavy atom. The normalized spacial score (nSPS) is 12.9. The van der Waals surface area contributed by atoms with Gasteiger partial charge in [0, 0.05) is 24.1 Å². The summed E-state index contributed by atoms with van der Waals surface area (Å²) in [6, 6.07) is 27.8. The minimum Gasteiger partial charge on any atom is -0.497 e. The lowest BCUT2D eigenvalue weighted by Crippen LogP contribution is -2.43. The molecule has 1 amide bonds. The maximum absolute atomic E-state index is 12.9. The number of aromatic nitrogens is 2. The fraction of sp³-hybridized carbons (Fsp3) is 0.156. The summed E-state index contributed by atoms with van der Waals surface area (Å²) in [5, 5.41) is 12.6. The molecule has 3 aromatic carbocycles. The average Bonchev–Trinajstić information content (AvgIpc) is 3.51. The van der Waals surface area contributed by atoms with Gasteiger partial charge in [0.25, 0.3) is 0 Å². The molecule has 5 aromatic rings. The van der Waals surface area contributed by atoms with E-state index in [1.807, 2.05) is 89.5 Å². The quantitative estimate of drug-likeness (QED) is 0.271. The van der Waals surface area contributed by atoms with E-state index >= 15 is 0 Å². The summed E-state index contributed by atoms with van der Waals surface area (Å²) in [4.78, 5) is 30.0. The highest BCUT2D eigenvalue weighted by Gasteiger charge is 2.30. The van der Waals surface area contributed by atoms with Gasteiger partial charge in [-0.2, -0.15) is 0 Å². The van der Waals surface area contributed by atoms with Crippen molar-refractivity contribution in [1.82, 2.24) is 14.7 Å². The van der Waals surface area contributed by atoms with Gasteiger partial charge in [0.05, 0.1) is 18.5 Å². The van der Waals surface area contributed by atoms with E-state index in [-0.39, 0.29) is 18.9 Å². The Hall–Kier alpha value is -5.11. The Morgan fingerprint density at radius 1 is 0.925 bits per heavy atom. The molecule has 0 radical (unpaired) electrons. The number of carbonyl (C=O) groups excluding carboxylic acids is 1. The zero-order valence-electron chi connectivity index (χ0n) is 21.8. The molecule has 0 spiro atoms. The van der Waals surface area contributed by atoms with Gasteiger partial charge in [0.2, 0.25) is 0 Å². The topological polar surface area (TPSA) is 102 Å². The summed E-state index contributed by atoms with van der Waals surface area (Å²) >= 11 is 0. The zero-order chi connectivity index (χ0) is 27.6. The molecule has 1 aliphatic carbocycles. The molecule has 2 aromatic heterocycles. The van der Waals surface area contributed by atoms with Gasteiger partial charge in [0.1, 0.15) is 24.0 Å². The predicted molar refractivity (Wildman–Crippen MR) is 151 cm³/mol. The molecule has 2 N–H and O–H groups in total. The van der Waals surface area contributed by atoms with Crippen LogP contribution in [0.25, 0.3) is 28.0 Å². The number of hydrogen-bond acceptors (Lipinski definition) is 5. The maximum atomic E-state index is 12.9. The van der Waals surface area contributed by atoms with Crippen molar-refractivity contribution in [3.8, 4) is 28.1 Å². The van der Waals surface area contributed by atoms with Crippen LogP contribution in [0.5, 0.6) is 5.75 Å². The highest BCUT2D eigenvalue weighted by atomic mass is 16.5. The van der Waals surface area contributed by atoms with Gasteiger partial charge in [-0.1, -0.05) is 54.6 Å². The van der Waals surface area contributed by atoms with Gasteiger partial charge >= 0.3 is 12.1 Å². The highest BCUT2D eigenvalue weighted by Crippen LogP contribution is 2.44. The van der Waals surface area contributed by atoms with Crippen LogP contribution in [0, 0.1) is 0 Å². The standard InChI is InChI=1S/C32H27N3O5/c1-39-21-15-13-20(14-16-21)30-28(35-17-7-6-12-29(35)34-30)18-27(31(36)37)33-32(38)40-19-26-24-10-4-2-8-22(24)23-9-3-5-11-25(23)26/h2-17,26-27H,18-19H2,1H3,(H,33,38)(H,36,37). The number of rotatable bonds is 8. The molecular formula is C32H27N3O5. The molecule has 0 saturated heterocycles. The molecule has 0 fully saturated rings. The lowest BCUT2D eigenvalue weighted by molar-refractivity contribution is -0.139. The molecule has 1 unspecified atom stereocenters. The first-order chi connectivity index (χ1) is 19.5. The number of fused-ring (bicyclic) bond motifs is 4. The van der Waals surface area contributed by atoms with Crippen molar-refractivity contribution in [2.45, 2.75) is 18.4 Å². The second-order valence-corrected chi connectivity index (χ2v) is 9.63. The minimum atomic E-state index is -1.23. The number of carboxylic acids is 1. The molecule has 2 heterocycles. The summed E-state index contributed by atoms with van der Waals surface area (Å²) in [5.41, 5.74) is 7.19. The van der Waals surface area contributed by atoms with Crippen LogP contribution in [0.3, 0.4) is 0 Å². The number of aliphatic carboxylic acids is 1.